The number of aromatic hydroxyl groups is 1. The Kier molecular flexibility index (Phi) is 3.31. The number of benzene rings is 1. The van der Waals surface area contributed by atoms with Crippen molar-refractivity contribution in [1.29, 1.82) is 0 Å². The van der Waals surface area contributed by atoms with Crippen molar-refractivity contribution in [3.8, 4) is 5.75 Å². The second-order valence-electron chi connectivity index (χ2n) is 4.01. The quantitative estimate of drug-likeness (QED) is 0.871. The van der Waals surface area contributed by atoms with Gasteiger partial charge in [0.1, 0.15) is 11.4 Å². The van der Waals surface area contributed by atoms with Crippen LogP contribution in [0.3, 0.4) is 0 Å². The van der Waals surface area contributed by atoms with Crippen LogP contribution < -0.4 is 0 Å². The summed E-state index contributed by atoms with van der Waals surface area (Å²) in [5, 5.41) is 22.0. The van der Waals surface area contributed by atoms with Crippen LogP contribution in [0.2, 0.25) is 0 Å². The summed E-state index contributed by atoms with van der Waals surface area (Å²) in [6, 6.07) is 10.7. The van der Waals surface area contributed by atoms with Crippen molar-refractivity contribution in [3.05, 3.63) is 58.3 Å². The van der Waals surface area contributed by atoms with E-state index < -0.39 is 5.60 Å². The lowest BCUT2D eigenvalue weighted by atomic mass is 9.94. The highest BCUT2D eigenvalue weighted by molar-refractivity contribution is 7.10. The van der Waals surface area contributed by atoms with Crippen LogP contribution >= 0.6 is 11.3 Å². The minimum absolute atomic E-state index is 0.105. The highest BCUT2D eigenvalue weighted by atomic mass is 32.1. The van der Waals surface area contributed by atoms with Gasteiger partial charge in [-0.2, -0.15) is 0 Å². The van der Waals surface area contributed by atoms with Crippen molar-refractivity contribution in [2.45, 2.75) is 12.5 Å². The van der Waals surface area contributed by atoms with Gasteiger partial charge in [0.25, 0.3) is 0 Å². The van der Waals surface area contributed by atoms with Crippen molar-refractivity contribution in [3.63, 3.8) is 0 Å². The lowest BCUT2D eigenvalue weighted by Crippen LogP contribution is -2.17. The predicted molar refractivity (Wildman–Crippen MR) is 71.0 cm³/mol. The monoisotopic (exact) mass is 246 g/mol. The standard InChI is InChI=1S/C14H14O2S/c1-14(16,9-8-11-5-4-10-17-11)12-6-2-3-7-13(12)15/h2-10,15-16H,1H3/b9-8+. The van der Waals surface area contributed by atoms with Gasteiger partial charge in [0, 0.05) is 10.4 Å². The van der Waals surface area contributed by atoms with E-state index in [4.69, 9.17) is 0 Å². The number of hydrogen-bond donors (Lipinski definition) is 2. The first-order valence-electron chi connectivity index (χ1n) is 5.33. The number of rotatable bonds is 3. The Balaban J connectivity index is 2.28. The van der Waals surface area contributed by atoms with E-state index in [-0.39, 0.29) is 5.75 Å². The van der Waals surface area contributed by atoms with E-state index in [0.29, 0.717) is 5.56 Å². The zero-order chi connectivity index (χ0) is 12.3. The van der Waals surface area contributed by atoms with Gasteiger partial charge in [-0.25, -0.2) is 0 Å². The molecule has 17 heavy (non-hydrogen) atoms. The third-order valence-electron chi connectivity index (χ3n) is 2.56. The number of phenols is 1. The second kappa shape index (κ2) is 4.73. The van der Waals surface area contributed by atoms with Crippen LogP contribution in [0.1, 0.15) is 17.4 Å². The lowest BCUT2D eigenvalue weighted by molar-refractivity contribution is 0.109. The first-order valence-corrected chi connectivity index (χ1v) is 6.21. The SMILES string of the molecule is CC(O)(/C=C/c1cccs1)c1ccccc1O. The van der Waals surface area contributed by atoms with Gasteiger partial charge in [-0.05, 0) is 36.6 Å². The summed E-state index contributed by atoms with van der Waals surface area (Å²) in [6.07, 6.45) is 3.55. The summed E-state index contributed by atoms with van der Waals surface area (Å²) in [7, 11) is 0. The molecule has 0 aliphatic heterocycles. The van der Waals surface area contributed by atoms with Crippen molar-refractivity contribution >= 4 is 17.4 Å². The molecule has 2 nitrogen and oxygen atoms in total. The molecule has 88 valence electrons. The van der Waals surface area contributed by atoms with Crippen LogP contribution in [0.15, 0.2) is 47.9 Å². The first kappa shape index (κ1) is 11.9. The molecule has 0 bridgehead atoms. The molecule has 0 saturated carbocycles. The molecule has 0 saturated heterocycles. The van der Waals surface area contributed by atoms with E-state index >= 15 is 0 Å². The molecule has 2 N–H and O–H groups in total. The number of aliphatic hydroxyl groups is 1. The number of para-hydroxylation sites is 1. The van der Waals surface area contributed by atoms with Crippen molar-refractivity contribution in [2.75, 3.05) is 0 Å². The number of hydrogen-bond acceptors (Lipinski definition) is 3. The third-order valence-corrected chi connectivity index (χ3v) is 3.40. The van der Waals surface area contributed by atoms with E-state index in [0.717, 1.165) is 4.88 Å². The van der Waals surface area contributed by atoms with Crippen molar-refractivity contribution < 1.29 is 10.2 Å². The van der Waals surface area contributed by atoms with Gasteiger partial charge in [-0.3, -0.25) is 0 Å². The van der Waals surface area contributed by atoms with Crippen LogP contribution in [0, 0.1) is 0 Å². The summed E-state index contributed by atoms with van der Waals surface area (Å²) in [6.45, 7) is 1.66. The highest BCUT2D eigenvalue weighted by Crippen LogP contribution is 2.30. The average Bonchev–Trinajstić information content (AvgIpc) is 2.80. The maximum atomic E-state index is 10.3. The van der Waals surface area contributed by atoms with Gasteiger partial charge in [0.15, 0.2) is 0 Å². The van der Waals surface area contributed by atoms with Gasteiger partial charge in [0.2, 0.25) is 0 Å². The van der Waals surface area contributed by atoms with Crippen LogP contribution in [-0.2, 0) is 5.60 Å². The minimum atomic E-state index is -1.17. The molecule has 0 aliphatic carbocycles. The Morgan fingerprint density at radius 1 is 1.18 bits per heavy atom. The smallest absolute Gasteiger partial charge is 0.121 e. The van der Waals surface area contributed by atoms with Gasteiger partial charge in [-0.1, -0.05) is 24.3 Å². The largest absolute Gasteiger partial charge is 0.508 e. The van der Waals surface area contributed by atoms with Gasteiger partial charge in [0.05, 0.1) is 0 Å². The predicted octanol–water partition coefficient (Wildman–Crippen LogP) is 3.37. The van der Waals surface area contributed by atoms with Gasteiger partial charge in [-0.15, -0.1) is 11.3 Å². The molecule has 1 unspecified atom stereocenters. The molecule has 2 aromatic rings. The van der Waals surface area contributed by atoms with E-state index in [1.165, 1.54) is 0 Å². The number of thiophene rings is 1. The van der Waals surface area contributed by atoms with Crippen LogP contribution in [0.4, 0.5) is 0 Å². The molecule has 1 heterocycles. The first-order chi connectivity index (χ1) is 8.09. The topological polar surface area (TPSA) is 40.5 Å². The summed E-state index contributed by atoms with van der Waals surface area (Å²) >= 11 is 1.60. The van der Waals surface area contributed by atoms with Crippen molar-refractivity contribution in [1.82, 2.24) is 0 Å². The lowest BCUT2D eigenvalue weighted by Gasteiger charge is -2.20. The Hall–Kier alpha value is -1.58. The van der Waals surface area contributed by atoms with Crippen LogP contribution in [-0.4, -0.2) is 10.2 Å². The third kappa shape index (κ3) is 2.75. The molecule has 0 radical (unpaired) electrons. The normalized spacial score (nSPS) is 14.9. The van der Waals surface area contributed by atoms with Gasteiger partial charge >= 0.3 is 0 Å². The molecule has 0 fully saturated rings. The highest BCUT2D eigenvalue weighted by Gasteiger charge is 2.22. The van der Waals surface area contributed by atoms with E-state index in [1.54, 1.807) is 48.6 Å². The van der Waals surface area contributed by atoms with Crippen LogP contribution in [0.25, 0.3) is 6.08 Å². The molecule has 1 atom stereocenters. The molecule has 0 spiro atoms. The van der Waals surface area contributed by atoms with E-state index in [2.05, 4.69) is 0 Å². The molecule has 0 aliphatic rings. The van der Waals surface area contributed by atoms with Gasteiger partial charge < -0.3 is 10.2 Å². The minimum Gasteiger partial charge on any atom is -0.508 e. The molecule has 3 heteroatoms. The Morgan fingerprint density at radius 2 is 1.94 bits per heavy atom. The molecular formula is C14H14O2S. The Labute approximate surface area is 104 Å². The fourth-order valence-electron chi connectivity index (χ4n) is 1.62. The van der Waals surface area contributed by atoms with E-state index in [9.17, 15) is 10.2 Å². The summed E-state index contributed by atoms with van der Waals surface area (Å²) in [5.41, 5.74) is -0.664. The average molecular weight is 246 g/mol. The van der Waals surface area contributed by atoms with Crippen molar-refractivity contribution in [2.24, 2.45) is 0 Å². The second-order valence-corrected chi connectivity index (χ2v) is 4.99. The Morgan fingerprint density at radius 3 is 2.59 bits per heavy atom. The fraction of sp³-hybridized carbons (Fsp3) is 0.143. The number of phenolic OH excluding ortho intramolecular Hbond substituents is 1. The summed E-state index contributed by atoms with van der Waals surface area (Å²) in [4.78, 5) is 1.07. The Bertz CT molecular complexity index is 513. The maximum Gasteiger partial charge on any atom is 0.121 e. The molecule has 2 rings (SSSR count). The van der Waals surface area contributed by atoms with Crippen LogP contribution in [0.5, 0.6) is 5.75 Å². The summed E-state index contributed by atoms with van der Waals surface area (Å²) in [5.74, 6) is 0.105. The summed E-state index contributed by atoms with van der Waals surface area (Å²) < 4.78 is 0. The molecule has 0 amide bonds. The fourth-order valence-corrected chi connectivity index (χ4v) is 2.24. The van der Waals surface area contributed by atoms with E-state index in [1.807, 2.05) is 23.6 Å². The zero-order valence-electron chi connectivity index (χ0n) is 9.50. The molecule has 1 aromatic heterocycles. The maximum absolute atomic E-state index is 10.3. The molecule has 1 aromatic carbocycles. The molecular weight excluding hydrogens is 232 g/mol. The zero-order valence-corrected chi connectivity index (χ0v) is 10.3.